The highest BCUT2D eigenvalue weighted by molar-refractivity contribution is 5.74. The molecule has 6 heteroatoms. The molecule has 0 aromatic carbocycles. The molecule has 1 aliphatic heterocycles. The summed E-state index contributed by atoms with van der Waals surface area (Å²) in [6.07, 6.45) is 1.31. The van der Waals surface area contributed by atoms with Crippen molar-refractivity contribution in [3.8, 4) is 0 Å². The highest BCUT2D eigenvalue weighted by Gasteiger charge is 2.33. The average Bonchev–Trinajstić information content (AvgIpc) is 2.00. The number of anilines is 1. The maximum atomic E-state index is 10.9. The number of hydrogen-bond acceptors (Lipinski definition) is 4. The molecule has 6 nitrogen and oxygen atoms in total. The molecule has 0 spiro atoms. The molecule has 1 aromatic rings. The minimum absolute atomic E-state index is 0.228. The van der Waals surface area contributed by atoms with E-state index in [-0.39, 0.29) is 11.5 Å². The Labute approximate surface area is 79.2 Å². The Morgan fingerprint density at radius 1 is 1.64 bits per heavy atom. The van der Waals surface area contributed by atoms with Crippen LogP contribution in [0.1, 0.15) is 0 Å². The van der Waals surface area contributed by atoms with Crippen LogP contribution in [0.15, 0.2) is 17.2 Å². The number of aliphatic carboxylic acids is 1. The standard InChI is InChI=1S/C8H9N3O3/c12-7-1-6(9-4-10-7)11-2-5(3-11)8(13)14/h1,4-5H,2-3H2,(H,13,14)(H,9,10,12). The molecular weight excluding hydrogens is 186 g/mol. The number of hydrogen-bond donors (Lipinski definition) is 2. The number of nitrogens with one attached hydrogen (secondary N) is 1. The highest BCUT2D eigenvalue weighted by Crippen LogP contribution is 2.20. The lowest BCUT2D eigenvalue weighted by Crippen LogP contribution is -2.51. The van der Waals surface area contributed by atoms with Gasteiger partial charge in [-0.2, -0.15) is 0 Å². The van der Waals surface area contributed by atoms with Crippen molar-refractivity contribution >= 4 is 11.8 Å². The molecule has 2 N–H and O–H groups in total. The van der Waals surface area contributed by atoms with E-state index in [1.54, 1.807) is 4.90 Å². The van der Waals surface area contributed by atoms with Crippen molar-refractivity contribution in [2.75, 3.05) is 18.0 Å². The summed E-state index contributed by atoms with van der Waals surface area (Å²) in [6, 6.07) is 1.36. The molecule has 74 valence electrons. The monoisotopic (exact) mass is 195 g/mol. The first kappa shape index (κ1) is 8.74. The second kappa shape index (κ2) is 3.13. The smallest absolute Gasteiger partial charge is 0.310 e. The Morgan fingerprint density at radius 3 is 2.93 bits per heavy atom. The Bertz CT molecular complexity index is 408. The lowest BCUT2D eigenvalue weighted by Gasteiger charge is -2.37. The number of carboxylic acid groups (broad SMARTS) is 1. The van der Waals surface area contributed by atoms with Crippen LogP contribution in [0.5, 0.6) is 0 Å². The summed E-state index contributed by atoms with van der Waals surface area (Å²) in [4.78, 5) is 29.5. The molecule has 14 heavy (non-hydrogen) atoms. The van der Waals surface area contributed by atoms with Gasteiger partial charge in [-0.3, -0.25) is 9.59 Å². The predicted molar refractivity (Wildman–Crippen MR) is 48.2 cm³/mol. The van der Waals surface area contributed by atoms with Gasteiger partial charge in [0.05, 0.1) is 12.2 Å². The molecule has 0 amide bonds. The summed E-state index contributed by atoms with van der Waals surface area (Å²) < 4.78 is 0. The van der Waals surface area contributed by atoms with E-state index in [1.165, 1.54) is 12.4 Å². The van der Waals surface area contributed by atoms with E-state index in [1.807, 2.05) is 0 Å². The molecule has 0 unspecified atom stereocenters. The highest BCUT2D eigenvalue weighted by atomic mass is 16.4. The molecule has 1 fully saturated rings. The molecule has 1 saturated heterocycles. The van der Waals surface area contributed by atoms with Crippen molar-refractivity contribution in [2.24, 2.45) is 5.92 Å². The Morgan fingerprint density at radius 2 is 2.36 bits per heavy atom. The third-order valence-electron chi connectivity index (χ3n) is 2.22. The summed E-state index contributed by atoms with van der Waals surface area (Å²) in [7, 11) is 0. The van der Waals surface area contributed by atoms with Crippen LogP contribution in [-0.2, 0) is 4.79 Å². The maximum absolute atomic E-state index is 10.9. The third-order valence-corrected chi connectivity index (χ3v) is 2.22. The van der Waals surface area contributed by atoms with Gasteiger partial charge in [-0.25, -0.2) is 4.98 Å². The van der Waals surface area contributed by atoms with Gasteiger partial charge in [-0.1, -0.05) is 0 Å². The second-order valence-electron chi connectivity index (χ2n) is 3.21. The van der Waals surface area contributed by atoms with E-state index in [0.717, 1.165) is 0 Å². The van der Waals surface area contributed by atoms with Crippen molar-refractivity contribution in [1.29, 1.82) is 0 Å². The fourth-order valence-corrected chi connectivity index (χ4v) is 1.35. The zero-order valence-electron chi connectivity index (χ0n) is 7.30. The molecule has 0 atom stereocenters. The number of aromatic nitrogens is 2. The van der Waals surface area contributed by atoms with Gasteiger partial charge in [-0.05, 0) is 0 Å². The largest absolute Gasteiger partial charge is 0.481 e. The number of rotatable bonds is 2. The van der Waals surface area contributed by atoms with Gasteiger partial charge in [0.1, 0.15) is 5.82 Å². The van der Waals surface area contributed by atoms with Gasteiger partial charge in [-0.15, -0.1) is 0 Å². The van der Waals surface area contributed by atoms with E-state index in [4.69, 9.17) is 5.11 Å². The predicted octanol–water partition coefficient (Wildman–Crippen LogP) is -0.709. The average molecular weight is 195 g/mol. The first-order valence-corrected chi connectivity index (χ1v) is 4.19. The summed E-state index contributed by atoms with van der Waals surface area (Å²) in [5, 5.41) is 8.64. The van der Waals surface area contributed by atoms with Crippen molar-refractivity contribution in [1.82, 2.24) is 9.97 Å². The number of nitrogens with zero attached hydrogens (tertiary/aromatic N) is 2. The number of aromatic amines is 1. The van der Waals surface area contributed by atoms with E-state index in [9.17, 15) is 9.59 Å². The molecule has 1 aromatic heterocycles. The molecule has 0 radical (unpaired) electrons. The SMILES string of the molecule is O=C(O)C1CN(c2cc(=O)[nH]cn2)C1. The number of carboxylic acids is 1. The summed E-state index contributed by atoms with van der Waals surface area (Å²) in [6.45, 7) is 0.845. The fraction of sp³-hybridized carbons (Fsp3) is 0.375. The van der Waals surface area contributed by atoms with Crippen LogP contribution < -0.4 is 10.5 Å². The topological polar surface area (TPSA) is 86.3 Å². The van der Waals surface area contributed by atoms with Gasteiger partial charge in [0, 0.05) is 19.2 Å². The zero-order valence-corrected chi connectivity index (χ0v) is 7.30. The lowest BCUT2D eigenvalue weighted by atomic mass is 10.0. The van der Waals surface area contributed by atoms with Gasteiger partial charge < -0.3 is 15.0 Å². The van der Waals surface area contributed by atoms with Crippen LogP contribution >= 0.6 is 0 Å². The van der Waals surface area contributed by atoms with Gasteiger partial charge in [0.2, 0.25) is 0 Å². The van der Waals surface area contributed by atoms with Crippen LogP contribution in [0.4, 0.5) is 5.82 Å². The summed E-state index contributed by atoms with van der Waals surface area (Å²) in [5.41, 5.74) is -0.228. The molecule has 0 bridgehead atoms. The van der Waals surface area contributed by atoms with E-state index < -0.39 is 5.97 Å². The van der Waals surface area contributed by atoms with E-state index in [0.29, 0.717) is 18.9 Å². The fourth-order valence-electron chi connectivity index (χ4n) is 1.35. The Hall–Kier alpha value is -1.85. The van der Waals surface area contributed by atoms with Crippen LogP contribution in [0.3, 0.4) is 0 Å². The first-order valence-electron chi connectivity index (χ1n) is 4.19. The van der Waals surface area contributed by atoms with Crippen LogP contribution in [0.25, 0.3) is 0 Å². The summed E-state index contributed by atoms with van der Waals surface area (Å²) >= 11 is 0. The van der Waals surface area contributed by atoms with Crippen molar-refractivity contribution in [3.05, 3.63) is 22.7 Å². The quantitative estimate of drug-likeness (QED) is 0.651. The van der Waals surface area contributed by atoms with Gasteiger partial charge in [0.15, 0.2) is 0 Å². The Kier molecular flexibility index (Phi) is 1.95. The van der Waals surface area contributed by atoms with E-state index in [2.05, 4.69) is 9.97 Å². The second-order valence-corrected chi connectivity index (χ2v) is 3.21. The summed E-state index contributed by atoms with van der Waals surface area (Å²) in [5.74, 6) is -0.603. The number of carbonyl (C=O) groups is 1. The molecule has 0 saturated carbocycles. The van der Waals surface area contributed by atoms with Crippen LogP contribution in [0.2, 0.25) is 0 Å². The van der Waals surface area contributed by atoms with Crippen molar-refractivity contribution < 1.29 is 9.90 Å². The number of H-pyrrole nitrogens is 1. The lowest BCUT2D eigenvalue weighted by molar-refractivity contribution is -0.142. The van der Waals surface area contributed by atoms with Crippen LogP contribution in [-0.4, -0.2) is 34.1 Å². The van der Waals surface area contributed by atoms with E-state index >= 15 is 0 Å². The van der Waals surface area contributed by atoms with Crippen molar-refractivity contribution in [2.45, 2.75) is 0 Å². The first-order chi connectivity index (χ1) is 6.66. The molecule has 2 rings (SSSR count). The Balaban J connectivity index is 2.06. The molecule has 0 aliphatic carbocycles. The maximum Gasteiger partial charge on any atom is 0.310 e. The minimum Gasteiger partial charge on any atom is -0.481 e. The van der Waals surface area contributed by atoms with Gasteiger partial charge >= 0.3 is 5.97 Å². The molecule has 1 aliphatic rings. The van der Waals surface area contributed by atoms with Crippen molar-refractivity contribution in [3.63, 3.8) is 0 Å². The zero-order chi connectivity index (χ0) is 10.1. The minimum atomic E-state index is -0.800. The third kappa shape index (κ3) is 1.46. The van der Waals surface area contributed by atoms with Crippen LogP contribution in [0, 0.1) is 5.92 Å². The molecular formula is C8H9N3O3. The molecule has 2 heterocycles. The normalized spacial score (nSPS) is 16.4. The van der Waals surface area contributed by atoms with Gasteiger partial charge in [0.25, 0.3) is 5.56 Å².